The average molecular weight is 867 g/mol. The Kier molecular flexibility index (Phi) is 19.7. The first kappa shape index (κ1) is 53.6. The Morgan fingerprint density at radius 1 is 0.842 bits per heavy atom. The first-order chi connectivity index (χ1) is 25.6. The molecule has 0 saturated carbocycles. The molecule has 0 fully saturated rings. The van der Waals surface area contributed by atoms with E-state index < -0.39 is 48.4 Å². The van der Waals surface area contributed by atoms with Crippen molar-refractivity contribution in [1.82, 2.24) is 4.98 Å². The molecular weight excluding hydrogens is 782 g/mol. The van der Waals surface area contributed by atoms with Crippen molar-refractivity contribution in [1.29, 1.82) is 0 Å². The normalized spacial score (nSPS) is 17.2. The van der Waals surface area contributed by atoms with Crippen LogP contribution in [-0.2, 0) is 22.9 Å². The molecule has 5 atom stereocenters. The molecule has 57 heavy (non-hydrogen) atoms. The first-order valence-electron chi connectivity index (χ1n) is 21.3. The van der Waals surface area contributed by atoms with Crippen LogP contribution in [0.15, 0.2) is 41.1 Å². The van der Waals surface area contributed by atoms with Gasteiger partial charge in [-0.25, -0.2) is 0 Å². The molecule has 0 aromatic carbocycles. The van der Waals surface area contributed by atoms with Crippen molar-refractivity contribution in [2.24, 2.45) is 17.3 Å². The molecule has 0 radical (unpaired) electrons. The number of allylic oxidation sites excluding steroid dienone is 1. The van der Waals surface area contributed by atoms with E-state index in [2.05, 4.69) is 133 Å². The van der Waals surface area contributed by atoms with Gasteiger partial charge in [0, 0.05) is 22.6 Å². The number of ketones is 1. The summed E-state index contributed by atoms with van der Waals surface area (Å²) in [5.74, 6) is -1.23. The summed E-state index contributed by atoms with van der Waals surface area (Å²) in [6.45, 7) is 43.4. The van der Waals surface area contributed by atoms with Crippen LogP contribution in [0.2, 0.25) is 54.4 Å². The number of carbonyl (C=O) groups excluding carboxylic acids is 1. The molecule has 0 aliphatic rings. The third kappa shape index (κ3) is 15.9. The highest BCUT2D eigenvalue weighted by Gasteiger charge is 2.50. The van der Waals surface area contributed by atoms with Gasteiger partial charge >= 0.3 is 5.97 Å². The number of pyridine rings is 1. The van der Waals surface area contributed by atoms with Crippen molar-refractivity contribution in [3.05, 3.63) is 46.8 Å². The van der Waals surface area contributed by atoms with Crippen molar-refractivity contribution in [3.8, 4) is 0 Å². The van der Waals surface area contributed by atoms with Crippen molar-refractivity contribution in [2.75, 3.05) is 0 Å². The van der Waals surface area contributed by atoms with Gasteiger partial charge in [0.05, 0.1) is 30.4 Å². The lowest BCUT2D eigenvalue weighted by atomic mass is 9.71. The Labute approximate surface area is 358 Å². The Hall–Kier alpha value is -1.41. The van der Waals surface area contributed by atoms with E-state index in [1.54, 1.807) is 6.20 Å². The van der Waals surface area contributed by atoms with Crippen LogP contribution in [0, 0.1) is 17.3 Å². The zero-order valence-electron chi connectivity index (χ0n) is 39.9. The number of nitrogens with zero attached hydrogens (tertiary/aromatic N) is 1. The Balaban J connectivity index is 3.44. The molecule has 0 spiro atoms. The van der Waals surface area contributed by atoms with Gasteiger partial charge in [-0.15, -0.1) is 0 Å². The molecule has 0 unspecified atom stereocenters. The smallest absolute Gasteiger partial charge is 0.305 e. The fourth-order valence-corrected chi connectivity index (χ4v) is 10.7. The second kappa shape index (κ2) is 20.9. The fraction of sp³-hybridized carbons (Fsp3) is 0.761. The number of aliphatic carboxylic acids is 1. The highest BCUT2D eigenvalue weighted by molar-refractivity contribution is 6.75. The molecular formula is C46H84ClNO6Si3. The van der Waals surface area contributed by atoms with E-state index in [9.17, 15) is 14.7 Å². The maximum atomic E-state index is 14.9. The summed E-state index contributed by atoms with van der Waals surface area (Å²) in [6.07, 6.45) is 8.43. The molecule has 1 aromatic rings. The van der Waals surface area contributed by atoms with Crippen LogP contribution in [0.1, 0.15) is 141 Å². The highest BCUT2D eigenvalue weighted by Crippen LogP contribution is 2.45. The molecule has 1 aromatic heterocycles. The summed E-state index contributed by atoms with van der Waals surface area (Å²) in [5.41, 5.74) is 1.06. The summed E-state index contributed by atoms with van der Waals surface area (Å²) < 4.78 is 20.9. The van der Waals surface area contributed by atoms with Gasteiger partial charge in [0.25, 0.3) is 0 Å². The zero-order chi connectivity index (χ0) is 44.6. The summed E-state index contributed by atoms with van der Waals surface area (Å²) >= 11 is 7.00. The van der Waals surface area contributed by atoms with Crippen LogP contribution in [-0.4, -0.2) is 65.1 Å². The summed E-state index contributed by atoms with van der Waals surface area (Å²) in [6, 6.07) is 5.81. The summed E-state index contributed by atoms with van der Waals surface area (Å²) in [5, 5.41) is 10.5. The van der Waals surface area contributed by atoms with Gasteiger partial charge in [-0.3, -0.25) is 14.6 Å². The Bertz CT molecular complexity index is 1500. The van der Waals surface area contributed by atoms with Crippen molar-refractivity contribution < 1.29 is 28.0 Å². The van der Waals surface area contributed by atoms with Gasteiger partial charge in [-0.2, -0.15) is 0 Å². The summed E-state index contributed by atoms with van der Waals surface area (Å²) in [4.78, 5) is 31.6. The quantitative estimate of drug-likeness (QED) is 0.0916. The number of aromatic nitrogens is 1. The number of hydrogen-bond donors (Lipinski definition) is 1. The van der Waals surface area contributed by atoms with Gasteiger partial charge in [0.1, 0.15) is 5.78 Å². The van der Waals surface area contributed by atoms with Gasteiger partial charge in [0.15, 0.2) is 25.0 Å². The molecule has 328 valence electrons. The van der Waals surface area contributed by atoms with Gasteiger partial charge < -0.3 is 18.4 Å². The highest BCUT2D eigenvalue weighted by atomic mass is 35.5. The lowest BCUT2D eigenvalue weighted by Gasteiger charge is -2.47. The molecule has 0 amide bonds. The number of halogens is 1. The molecule has 0 bridgehead atoms. The molecule has 0 aliphatic carbocycles. The van der Waals surface area contributed by atoms with Crippen molar-refractivity contribution in [3.63, 3.8) is 0 Å². The van der Waals surface area contributed by atoms with Crippen LogP contribution in [0.5, 0.6) is 0 Å². The largest absolute Gasteiger partial charge is 0.481 e. The minimum atomic E-state index is -2.40. The maximum Gasteiger partial charge on any atom is 0.305 e. The lowest BCUT2D eigenvalue weighted by molar-refractivity contribution is -0.147. The number of Topliss-reactive ketones (excluding diaryl/α,β-unsaturated/α-hetero) is 1. The van der Waals surface area contributed by atoms with Crippen LogP contribution in [0.4, 0.5) is 0 Å². The second-order valence-corrected chi connectivity index (χ2v) is 36.4. The van der Waals surface area contributed by atoms with Crippen molar-refractivity contribution in [2.45, 2.75) is 208 Å². The number of carboxylic acids is 1. The molecule has 11 heteroatoms. The lowest BCUT2D eigenvalue weighted by Crippen LogP contribution is -2.54. The van der Waals surface area contributed by atoms with E-state index in [1.165, 1.54) is 5.57 Å². The van der Waals surface area contributed by atoms with Gasteiger partial charge in [0.2, 0.25) is 0 Å². The van der Waals surface area contributed by atoms with Crippen LogP contribution >= 0.6 is 11.6 Å². The van der Waals surface area contributed by atoms with Crippen LogP contribution in [0.25, 0.3) is 6.08 Å². The third-order valence-electron chi connectivity index (χ3n) is 13.4. The predicted octanol–water partition coefficient (Wildman–Crippen LogP) is 14.1. The molecule has 0 aliphatic heterocycles. The molecule has 1 N–H and O–H groups in total. The number of rotatable bonds is 22. The molecule has 7 nitrogen and oxygen atoms in total. The monoisotopic (exact) mass is 866 g/mol. The first-order valence-corrected chi connectivity index (χ1v) is 30.4. The number of hydrogen-bond acceptors (Lipinski definition) is 6. The minimum Gasteiger partial charge on any atom is -0.481 e. The number of carbonyl (C=O) groups is 2. The zero-order valence-corrected chi connectivity index (χ0v) is 43.7. The SMILES string of the molecule is CC[C@@H](C(=O)C(C)(C)[C@H](CC(=O)O)O[Si](C)(C)C(C)(C)C)[C@@H](O[Si](C)(C)C(C)(C)C)[C@@H](C)CCC/C(C)=C/C[C@H](O[Si](C)(C)C(C)(C)C)/C(Cl)=C/c1ccccn1. The topological polar surface area (TPSA) is 95.0 Å². The summed E-state index contributed by atoms with van der Waals surface area (Å²) in [7, 11) is -6.83. The van der Waals surface area contributed by atoms with E-state index in [-0.39, 0.29) is 45.4 Å². The van der Waals surface area contributed by atoms with E-state index in [4.69, 9.17) is 24.9 Å². The fourth-order valence-electron chi connectivity index (χ4n) is 6.17. The molecule has 1 rings (SSSR count). The Morgan fingerprint density at radius 2 is 1.35 bits per heavy atom. The Morgan fingerprint density at radius 3 is 1.81 bits per heavy atom. The van der Waals surface area contributed by atoms with E-state index >= 15 is 0 Å². The van der Waals surface area contributed by atoms with E-state index in [0.29, 0.717) is 17.9 Å². The van der Waals surface area contributed by atoms with Crippen LogP contribution in [0.3, 0.4) is 0 Å². The molecule has 0 saturated heterocycles. The standard InChI is InChI=1S/C46H84ClNO6Si3/c1-21-36(42(51)46(13,14)39(32-40(49)50)53-56(17,18)44(7,8)9)41(54-57(19,20)45(10,11)12)34(3)26-24-25-33(2)28-29-38(52-55(15,16)43(4,5)6)37(47)31-35-27-22-23-30-48-35/h22-23,27-28,30-31,34,36,38-39,41H,21,24-26,29,32H2,1-20H3,(H,49,50)/b33-28+,37-31-/t34-,36+,38-,39-,41-/m0/s1. The number of carboxylic acid groups (broad SMARTS) is 1. The minimum absolute atomic E-state index is 0.0324. The van der Waals surface area contributed by atoms with Crippen molar-refractivity contribution >= 4 is 54.4 Å². The van der Waals surface area contributed by atoms with E-state index in [0.717, 1.165) is 25.0 Å². The predicted molar refractivity (Wildman–Crippen MR) is 250 cm³/mol. The second-order valence-electron chi connectivity index (χ2n) is 21.7. The maximum absolute atomic E-state index is 14.9. The van der Waals surface area contributed by atoms with Gasteiger partial charge in [-0.1, -0.05) is 119 Å². The molecule has 1 heterocycles. The third-order valence-corrected chi connectivity index (χ3v) is 27.2. The van der Waals surface area contributed by atoms with Crippen LogP contribution < -0.4 is 0 Å². The average Bonchev–Trinajstić information content (AvgIpc) is 3.04. The van der Waals surface area contributed by atoms with E-state index in [1.807, 2.05) is 38.1 Å². The van der Waals surface area contributed by atoms with Gasteiger partial charge in [-0.05, 0) is 118 Å².